The number of anilines is 1. The highest BCUT2D eigenvalue weighted by Crippen LogP contribution is 2.36. The summed E-state index contributed by atoms with van der Waals surface area (Å²) in [6.45, 7) is 2.81. The summed E-state index contributed by atoms with van der Waals surface area (Å²) < 4.78 is 17.0. The molecule has 0 spiro atoms. The van der Waals surface area contributed by atoms with Gasteiger partial charge in [-0.3, -0.25) is 4.79 Å². The number of nitrogens with zero attached hydrogens (tertiary/aromatic N) is 4. The number of fused-ring (bicyclic) bond motifs is 1. The highest BCUT2D eigenvalue weighted by Gasteiger charge is 2.30. The molecule has 2 aliphatic rings. The van der Waals surface area contributed by atoms with Gasteiger partial charge in [0.25, 0.3) is 5.91 Å². The second kappa shape index (κ2) is 8.29. The highest BCUT2D eigenvalue weighted by atomic mass is 16.5. The molecule has 31 heavy (non-hydrogen) atoms. The second-order valence-electron chi connectivity index (χ2n) is 7.66. The maximum absolute atomic E-state index is 12.8. The summed E-state index contributed by atoms with van der Waals surface area (Å²) in [5.74, 6) is 2.53. The van der Waals surface area contributed by atoms with Crippen LogP contribution in [-0.2, 0) is 13.0 Å². The van der Waals surface area contributed by atoms with Crippen molar-refractivity contribution in [3.63, 3.8) is 0 Å². The van der Waals surface area contributed by atoms with Crippen molar-refractivity contribution in [2.75, 3.05) is 31.6 Å². The van der Waals surface area contributed by atoms with Crippen LogP contribution in [0.5, 0.6) is 17.4 Å². The summed E-state index contributed by atoms with van der Waals surface area (Å²) in [6.07, 6.45) is 4.41. The number of carbonyl (C=O) groups is 1. The number of hydrogen-bond acceptors (Lipinski definition) is 7. The first-order valence-electron chi connectivity index (χ1n) is 10.5. The molecule has 0 aliphatic carbocycles. The van der Waals surface area contributed by atoms with Crippen LogP contribution in [0.4, 0.5) is 5.95 Å². The fraction of sp³-hybridized carbons (Fsp3) is 0.348. The largest absolute Gasteiger partial charge is 0.493 e. The minimum atomic E-state index is -0.150. The van der Waals surface area contributed by atoms with E-state index < -0.39 is 0 Å². The van der Waals surface area contributed by atoms with Gasteiger partial charge < -0.3 is 23.7 Å². The van der Waals surface area contributed by atoms with Gasteiger partial charge in [0.2, 0.25) is 11.8 Å². The molecular formula is C23H24N4O4. The predicted octanol–water partition coefficient (Wildman–Crippen LogP) is 3.67. The SMILES string of the molecule is COc1ccccc1Oc1nc(N2CCCC2)nc2c1CN(C(=O)c1ccco1)CC2. The van der Waals surface area contributed by atoms with Crippen molar-refractivity contribution in [1.29, 1.82) is 0 Å². The molecule has 1 aromatic carbocycles. The Balaban J connectivity index is 1.51. The van der Waals surface area contributed by atoms with Crippen LogP contribution in [0.15, 0.2) is 47.1 Å². The van der Waals surface area contributed by atoms with Crippen LogP contribution in [-0.4, -0.2) is 47.5 Å². The number of furan rings is 1. The summed E-state index contributed by atoms with van der Waals surface area (Å²) in [7, 11) is 1.61. The van der Waals surface area contributed by atoms with Crippen molar-refractivity contribution in [3.8, 4) is 17.4 Å². The molecule has 2 aromatic heterocycles. The number of carbonyl (C=O) groups excluding carboxylic acids is 1. The zero-order chi connectivity index (χ0) is 21.2. The van der Waals surface area contributed by atoms with Gasteiger partial charge in [0, 0.05) is 26.1 Å². The van der Waals surface area contributed by atoms with Crippen LogP contribution in [0.25, 0.3) is 0 Å². The lowest BCUT2D eigenvalue weighted by atomic mass is 10.1. The molecule has 0 unspecified atom stereocenters. The molecule has 0 saturated carbocycles. The number of rotatable bonds is 5. The molecule has 8 heteroatoms. The molecule has 1 fully saturated rings. The maximum Gasteiger partial charge on any atom is 0.289 e. The number of para-hydroxylation sites is 2. The fourth-order valence-corrected chi connectivity index (χ4v) is 4.05. The summed E-state index contributed by atoms with van der Waals surface area (Å²) in [6, 6.07) is 10.9. The van der Waals surface area contributed by atoms with Crippen LogP contribution in [0.3, 0.4) is 0 Å². The molecule has 0 N–H and O–H groups in total. The van der Waals surface area contributed by atoms with Crippen molar-refractivity contribution in [2.45, 2.75) is 25.8 Å². The van der Waals surface area contributed by atoms with Gasteiger partial charge in [-0.05, 0) is 37.1 Å². The molecular weight excluding hydrogens is 396 g/mol. The van der Waals surface area contributed by atoms with Crippen LogP contribution < -0.4 is 14.4 Å². The fourth-order valence-electron chi connectivity index (χ4n) is 4.05. The summed E-state index contributed by atoms with van der Waals surface area (Å²) in [5.41, 5.74) is 1.74. The van der Waals surface area contributed by atoms with Gasteiger partial charge in [0.15, 0.2) is 17.3 Å². The molecule has 4 heterocycles. The van der Waals surface area contributed by atoms with Gasteiger partial charge in [-0.15, -0.1) is 0 Å². The molecule has 2 aliphatic heterocycles. The zero-order valence-corrected chi connectivity index (χ0v) is 17.4. The van der Waals surface area contributed by atoms with E-state index >= 15 is 0 Å². The monoisotopic (exact) mass is 420 g/mol. The van der Waals surface area contributed by atoms with Crippen LogP contribution in [0, 0.1) is 0 Å². The Morgan fingerprint density at radius 3 is 2.58 bits per heavy atom. The number of benzene rings is 1. The van der Waals surface area contributed by atoms with Crippen LogP contribution in [0.1, 0.15) is 34.7 Å². The van der Waals surface area contributed by atoms with E-state index in [9.17, 15) is 4.79 Å². The summed E-state index contributed by atoms with van der Waals surface area (Å²) in [4.78, 5) is 26.4. The minimum Gasteiger partial charge on any atom is -0.493 e. The van der Waals surface area contributed by atoms with Crippen LogP contribution >= 0.6 is 0 Å². The lowest BCUT2D eigenvalue weighted by molar-refractivity contribution is 0.0699. The first kappa shape index (κ1) is 19.4. The third-order valence-electron chi connectivity index (χ3n) is 5.69. The van der Waals surface area contributed by atoms with Crippen molar-refractivity contribution in [2.24, 2.45) is 0 Å². The first-order chi connectivity index (χ1) is 15.2. The molecule has 0 atom stereocenters. The Hall–Kier alpha value is -3.55. The Bertz CT molecular complexity index is 1080. The van der Waals surface area contributed by atoms with Gasteiger partial charge in [-0.2, -0.15) is 4.98 Å². The van der Waals surface area contributed by atoms with E-state index in [4.69, 9.17) is 23.9 Å². The van der Waals surface area contributed by atoms with Gasteiger partial charge in [0.05, 0.1) is 31.2 Å². The first-order valence-corrected chi connectivity index (χ1v) is 10.5. The summed E-state index contributed by atoms with van der Waals surface area (Å²) in [5, 5.41) is 0. The van der Waals surface area contributed by atoms with Crippen molar-refractivity contribution in [1.82, 2.24) is 14.9 Å². The summed E-state index contributed by atoms with van der Waals surface area (Å²) >= 11 is 0. The smallest absolute Gasteiger partial charge is 0.289 e. The van der Waals surface area contributed by atoms with E-state index in [0.29, 0.717) is 48.6 Å². The van der Waals surface area contributed by atoms with Gasteiger partial charge in [-0.25, -0.2) is 4.98 Å². The van der Waals surface area contributed by atoms with Crippen molar-refractivity contribution < 1.29 is 18.7 Å². The van der Waals surface area contributed by atoms with E-state index in [-0.39, 0.29) is 5.91 Å². The van der Waals surface area contributed by atoms with Crippen LogP contribution in [0.2, 0.25) is 0 Å². The number of aromatic nitrogens is 2. The molecule has 1 amide bonds. The number of methoxy groups -OCH3 is 1. The van der Waals surface area contributed by atoms with E-state index in [1.807, 2.05) is 24.3 Å². The lowest BCUT2D eigenvalue weighted by Crippen LogP contribution is -2.37. The molecule has 160 valence electrons. The maximum atomic E-state index is 12.8. The second-order valence-corrected chi connectivity index (χ2v) is 7.66. The number of ether oxygens (including phenoxy) is 2. The van der Waals surface area contributed by atoms with Crippen molar-refractivity contribution in [3.05, 3.63) is 59.7 Å². The number of hydrogen-bond donors (Lipinski definition) is 0. The lowest BCUT2D eigenvalue weighted by Gasteiger charge is -2.29. The molecule has 0 radical (unpaired) electrons. The normalized spacial score (nSPS) is 15.6. The molecule has 8 nitrogen and oxygen atoms in total. The average molecular weight is 420 g/mol. The van der Waals surface area contributed by atoms with E-state index in [0.717, 1.165) is 37.2 Å². The molecule has 0 bridgehead atoms. The molecule has 1 saturated heterocycles. The Morgan fingerprint density at radius 1 is 1.03 bits per heavy atom. The molecule has 5 rings (SSSR count). The van der Waals surface area contributed by atoms with E-state index in [1.54, 1.807) is 24.1 Å². The van der Waals surface area contributed by atoms with E-state index in [2.05, 4.69) is 4.90 Å². The van der Waals surface area contributed by atoms with Gasteiger partial charge in [0.1, 0.15) is 0 Å². The van der Waals surface area contributed by atoms with E-state index in [1.165, 1.54) is 6.26 Å². The topological polar surface area (TPSA) is 80.9 Å². The third kappa shape index (κ3) is 3.81. The van der Waals surface area contributed by atoms with Gasteiger partial charge in [-0.1, -0.05) is 12.1 Å². The Morgan fingerprint density at radius 2 is 1.84 bits per heavy atom. The van der Waals surface area contributed by atoms with Gasteiger partial charge >= 0.3 is 0 Å². The minimum absolute atomic E-state index is 0.150. The Labute approximate surface area is 180 Å². The number of amides is 1. The Kier molecular flexibility index (Phi) is 5.19. The van der Waals surface area contributed by atoms with Crippen molar-refractivity contribution >= 4 is 11.9 Å². The predicted molar refractivity (Wildman–Crippen MR) is 114 cm³/mol. The average Bonchev–Trinajstić information content (AvgIpc) is 3.53. The quantitative estimate of drug-likeness (QED) is 0.623. The molecule has 3 aromatic rings. The third-order valence-corrected chi connectivity index (χ3v) is 5.69. The zero-order valence-electron chi connectivity index (χ0n) is 17.4. The standard InChI is InChI=1S/C23H24N4O4/c1-29-18-7-2-3-8-19(18)31-21-16-15-27(22(28)20-9-6-14-30-20)13-10-17(16)24-23(25-21)26-11-4-5-12-26/h2-3,6-9,14H,4-5,10-13,15H2,1H3. The highest BCUT2D eigenvalue weighted by molar-refractivity contribution is 5.91.